The third kappa shape index (κ3) is 2.41. The van der Waals surface area contributed by atoms with Gasteiger partial charge in [-0.15, -0.1) is 0 Å². The first-order valence-electron chi connectivity index (χ1n) is 5.30. The molecule has 0 unspecified atom stereocenters. The molecule has 0 spiro atoms. The van der Waals surface area contributed by atoms with Crippen LogP contribution in [0.2, 0.25) is 0 Å². The molecule has 84 valence electrons. The Balaban J connectivity index is 2.06. The summed E-state index contributed by atoms with van der Waals surface area (Å²) in [6, 6.07) is 5.84. The molecule has 1 aromatic heterocycles. The second-order valence-corrected chi connectivity index (χ2v) is 3.78. The predicted octanol–water partition coefficient (Wildman–Crippen LogP) is 1.13. The lowest BCUT2D eigenvalue weighted by Gasteiger charge is -2.23. The van der Waals surface area contributed by atoms with Gasteiger partial charge in [0.2, 0.25) is 0 Å². The van der Waals surface area contributed by atoms with E-state index < -0.39 is 0 Å². The van der Waals surface area contributed by atoms with Crippen molar-refractivity contribution in [3.8, 4) is 6.07 Å². The molecule has 0 bridgehead atoms. The Morgan fingerprint density at radius 2 is 2.19 bits per heavy atom. The van der Waals surface area contributed by atoms with Gasteiger partial charge < -0.3 is 15.8 Å². The average Bonchev–Trinajstić information content (AvgIpc) is 2.33. The van der Waals surface area contributed by atoms with Gasteiger partial charge in [0.1, 0.15) is 11.9 Å². The molecule has 2 heterocycles. The zero-order valence-corrected chi connectivity index (χ0v) is 8.94. The molecule has 0 radical (unpaired) electrons. The van der Waals surface area contributed by atoms with Crippen LogP contribution >= 0.6 is 0 Å². The second kappa shape index (κ2) is 4.81. The molecule has 2 rings (SSSR count). The number of ether oxygens (including phenoxy) is 1. The minimum atomic E-state index is 0.275. The molecule has 5 nitrogen and oxygen atoms in total. The van der Waals surface area contributed by atoms with E-state index in [4.69, 9.17) is 15.7 Å². The lowest BCUT2D eigenvalue weighted by atomic mass is 10.1. The Kier molecular flexibility index (Phi) is 3.22. The number of hydrogen-bond donors (Lipinski definition) is 2. The van der Waals surface area contributed by atoms with Crippen LogP contribution in [0.3, 0.4) is 0 Å². The van der Waals surface area contributed by atoms with Gasteiger partial charge in [0.25, 0.3) is 0 Å². The van der Waals surface area contributed by atoms with E-state index in [1.807, 2.05) is 6.07 Å². The third-order valence-corrected chi connectivity index (χ3v) is 2.61. The Morgan fingerprint density at radius 1 is 1.44 bits per heavy atom. The zero-order chi connectivity index (χ0) is 11.4. The van der Waals surface area contributed by atoms with Crippen molar-refractivity contribution in [2.75, 3.05) is 24.3 Å². The van der Waals surface area contributed by atoms with Gasteiger partial charge in [0, 0.05) is 19.3 Å². The van der Waals surface area contributed by atoms with Crippen LogP contribution in [-0.4, -0.2) is 24.2 Å². The van der Waals surface area contributed by atoms with E-state index in [9.17, 15) is 0 Å². The molecule has 0 aromatic carbocycles. The fraction of sp³-hybridized carbons (Fsp3) is 0.455. The molecule has 0 atom stereocenters. The summed E-state index contributed by atoms with van der Waals surface area (Å²) < 4.78 is 5.27. The summed E-state index contributed by atoms with van der Waals surface area (Å²) in [5.41, 5.74) is 6.29. The monoisotopic (exact) mass is 218 g/mol. The van der Waals surface area contributed by atoms with Crippen LogP contribution in [0.25, 0.3) is 0 Å². The van der Waals surface area contributed by atoms with Gasteiger partial charge in [-0.05, 0) is 25.0 Å². The van der Waals surface area contributed by atoms with Crippen molar-refractivity contribution >= 4 is 11.5 Å². The molecule has 1 aliphatic heterocycles. The third-order valence-electron chi connectivity index (χ3n) is 2.61. The number of nitrogens with zero attached hydrogens (tertiary/aromatic N) is 2. The lowest BCUT2D eigenvalue weighted by Crippen LogP contribution is -2.28. The van der Waals surface area contributed by atoms with Gasteiger partial charge in [0.15, 0.2) is 5.69 Å². The second-order valence-electron chi connectivity index (χ2n) is 3.78. The van der Waals surface area contributed by atoms with Crippen LogP contribution in [0, 0.1) is 11.3 Å². The first-order valence-corrected chi connectivity index (χ1v) is 5.30. The molecule has 0 amide bonds. The van der Waals surface area contributed by atoms with Crippen LogP contribution in [0.15, 0.2) is 12.1 Å². The Bertz CT molecular complexity index is 407. The number of nitrogens with two attached hydrogens (primary N) is 1. The van der Waals surface area contributed by atoms with Gasteiger partial charge in [-0.25, -0.2) is 4.98 Å². The van der Waals surface area contributed by atoms with Crippen molar-refractivity contribution in [2.24, 2.45) is 0 Å². The van der Waals surface area contributed by atoms with Crippen LogP contribution in [-0.2, 0) is 4.74 Å². The summed E-state index contributed by atoms with van der Waals surface area (Å²) in [7, 11) is 0. The number of nitrogens with one attached hydrogen (secondary N) is 1. The molecule has 1 saturated heterocycles. The van der Waals surface area contributed by atoms with Crippen LogP contribution < -0.4 is 11.1 Å². The molecule has 1 aromatic rings. The highest BCUT2D eigenvalue weighted by molar-refractivity contribution is 5.54. The molecule has 1 aliphatic rings. The molecule has 1 fully saturated rings. The van der Waals surface area contributed by atoms with Gasteiger partial charge in [-0.3, -0.25) is 0 Å². The first kappa shape index (κ1) is 10.7. The van der Waals surface area contributed by atoms with Gasteiger partial charge in [-0.1, -0.05) is 0 Å². The number of rotatable bonds is 2. The maximum atomic E-state index is 8.81. The predicted molar refractivity (Wildman–Crippen MR) is 60.8 cm³/mol. The number of pyridine rings is 1. The fourth-order valence-electron chi connectivity index (χ4n) is 1.69. The van der Waals surface area contributed by atoms with Crippen molar-refractivity contribution < 1.29 is 4.74 Å². The molecular weight excluding hydrogens is 204 g/mol. The summed E-state index contributed by atoms with van der Waals surface area (Å²) in [6.07, 6.45) is 1.93. The largest absolute Gasteiger partial charge is 0.396 e. The van der Waals surface area contributed by atoms with E-state index in [0.29, 0.717) is 17.5 Å². The molecule has 0 saturated carbocycles. The van der Waals surface area contributed by atoms with E-state index in [1.54, 1.807) is 12.1 Å². The molecular formula is C11H14N4O. The van der Waals surface area contributed by atoms with E-state index in [1.165, 1.54) is 0 Å². The quantitative estimate of drug-likeness (QED) is 0.777. The standard InChI is InChI=1S/C11H14N4O/c12-7-10-9(13)1-2-11(15-10)14-8-3-5-16-6-4-8/h1-2,8H,3-6,13H2,(H,14,15). The number of hydrogen-bond acceptors (Lipinski definition) is 5. The topological polar surface area (TPSA) is 84.0 Å². The molecule has 0 aliphatic carbocycles. The summed E-state index contributed by atoms with van der Waals surface area (Å²) in [6.45, 7) is 1.55. The van der Waals surface area contributed by atoms with Crippen LogP contribution in [0.4, 0.5) is 11.5 Å². The summed E-state index contributed by atoms with van der Waals surface area (Å²) in [5, 5.41) is 12.1. The van der Waals surface area contributed by atoms with E-state index in [2.05, 4.69) is 10.3 Å². The molecule has 16 heavy (non-hydrogen) atoms. The van der Waals surface area contributed by atoms with Crippen molar-refractivity contribution in [3.05, 3.63) is 17.8 Å². The van der Waals surface area contributed by atoms with Gasteiger partial charge >= 0.3 is 0 Å². The normalized spacial score (nSPS) is 16.7. The van der Waals surface area contributed by atoms with Gasteiger partial charge in [-0.2, -0.15) is 5.26 Å². The number of anilines is 2. The SMILES string of the molecule is N#Cc1nc(NC2CCOCC2)ccc1N. The minimum absolute atomic E-state index is 0.275. The Labute approximate surface area is 94.2 Å². The Morgan fingerprint density at radius 3 is 2.88 bits per heavy atom. The van der Waals surface area contributed by atoms with Crippen molar-refractivity contribution in [1.82, 2.24) is 4.98 Å². The average molecular weight is 218 g/mol. The smallest absolute Gasteiger partial charge is 0.165 e. The Hall–Kier alpha value is -1.80. The van der Waals surface area contributed by atoms with E-state index in [0.717, 1.165) is 26.1 Å². The highest BCUT2D eigenvalue weighted by atomic mass is 16.5. The van der Waals surface area contributed by atoms with Crippen molar-refractivity contribution in [1.29, 1.82) is 5.26 Å². The van der Waals surface area contributed by atoms with Crippen LogP contribution in [0.1, 0.15) is 18.5 Å². The summed E-state index contributed by atoms with van der Waals surface area (Å²) in [5.74, 6) is 0.706. The van der Waals surface area contributed by atoms with E-state index >= 15 is 0 Å². The fourth-order valence-corrected chi connectivity index (χ4v) is 1.69. The van der Waals surface area contributed by atoms with Crippen molar-refractivity contribution in [3.63, 3.8) is 0 Å². The lowest BCUT2D eigenvalue weighted by molar-refractivity contribution is 0.0904. The summed E-state index contributed by atoms with van der Waals surface area (Å²) >= 11 is 0. The van der Waals surface area contributed by atoms with Gasteiger partial charge in [0.05, 0.1) is 5.69 Å². The number of aromatic nitrogens is 1. The maximum Gasteiger partial charge on any atom is 0.165 e. The number of nitrogen functional groups attached to an aromatic ring is 1. The first-order chi connectivity index (χ1) is 7.79. The maximum absolute atomic E-state index is 8.81. The van der Waals surface area contributed by atoms with Crippen LogP contribution in [0.5, 0.6) is 0 Å². The summed E-state index contributed by atoms with van der Waals surface area (Å²) in [4.78, 5) is 4.15. The molecule has 3 N–H and O–H groups in total. The highest BCUT2D eigenvalue weighted by Crippen LogP contribution is 2.16. The number of nitriles is 1. The minimum Gasteiger partial charge on any atom is -0.396 e. The van der Waals surface area contributed by atoms with E-state index in [-0.39, 0.29) is 5.69 Å². The molecule has 5 heteroatoms. The zero-order valence-electron chi connectivity index (χ0n) is 8.94. The highest BCUT2D eigenvalue weighted by Gasteiger charge is 2.14. The van der Waals surface area contributed by atoms with Crippen molar-refractivity contribution in [2.45, 2.75) is 18.9 Å².